The monoisotopic (exact) mass is 252 g/mol. The molecule has 17 heavy (non-hydrogen) atoms. The van der Waals surface area contributed by atoms with Crippen molar-refractivity contribution in [3.63, 3.8) is 0 Å². The van der Waals surface area contributed by atoms with Crippen molar-refractivity contribution >= 4 is 17.2 Å². The van der Waals surface area contributed by atoms with E-state index in [0.717, 1.165) is 25.7 Å². The average Bonchev–Trinajstić information content (AvgIpc) is 2.83. The molecule has 0 fully saturated rings. The number of nitrogens with two attached hydrogens (primary N) is 1. The fourth-order valence-electron chi connectivity index (χ4n) is 2.39. The molecular weight excluding hydrogens is 232 g/mol. The van der Waals surface area contributed by atoms with Gasteiger partial charge < -0.3 is 11.1 Å². The Hall–Kier alpha value is -0.870. The van der Waals surface area contributed by atoms with Gasteiger partial charge in [0.05, 0.1) is 5.92 Å². The van der Waals surface area contributed by atoms with E-state index in [1.54, 1.807) is 11.3 Å². The number of nitrogens with one attached hydrogen (secondary N) is 1. The van der Waals surface area contributed by atoms with Gasteiger partial charge in [-0.05, 0) is 42.7 Å². The van der Waals surface area contributed by atoms with Gasteiger partial charge in [-0.2, -0.15) is 0 Å². The van der Waals surface area contributed by atoms with E-state index >= 15 is 0 Å². The van der Waals surface area contributed by atoms with E-state index in [1.807, 2.05) is 0 Å². The van der Waals surface area contributed by atoms with Crippen LogP contribution in [0, 0.1) is 0 Å². The Bertz CT molecular complexity index is 385. The molecule has 2 atom stereocenters. The van der Waals surface area contributed by atoms with Gasteiger partial charge in [0.2, 0.25) is 5.91 Å². The Labute approximate surface area is 106 Å². The number of amides is 1. The van der Waals surface area contributed by atoms with Gasteiger partial charge in [-0.15, -0.1) is 11.3 Å². The van der Waals surface area contributed by atoms with E-state index < -0.39 is 0 Å². The van der Waals surface area contributed by atoms with Gasteiger partial charge in [0.15, 0.2) is 0 Å². The van der Waals surface area contributed by atoms with E-state index in [9.17, 15) is 4.79 Å². The number of thiophene rings is 1. The topological polar surface area (TPSA) is 55.1 Å². The first-order valence-corrected chi connectivity index (χ1v) is 7.21. The van der Waals surface area contributed by atoms with Crippen molar-refractivity contribution in [1.82, 2.24) is 5.32 Å². The molecule has 0 aromatic carbocycles. The second kappa shape index (κ2) is 5.65. The highest BCUT2D eigenvalue weighted by Gasteiger charge is 2.27. The molecule has 0 spiro atoms. The molecule has 1 aromatic rings. The Morgan fingerprint density at radius 2 is 2.53 bits per heavy atom. The van der Waals surface area contributed by atoms with Crippen LogP contribution in [-0.4, -0.2) is 18.5 Å². The quantitative estimate of drug-likeness (QED) is 0.861. The Balaban J connectivity index is 2.07. The summed E-state index contributed by atoms with van der Waals surface area (Å²) in [7, 11) is 0. The lowest BCUT2D eigenvalue weighted by molar-refractivity contribution is -0.123. The number of fused-ring (bicyclic) bond motifs is 1. The number of hydrogen-bond donors (Lipinski definition) is 2. The SMILES string of the molecule is CCC(CN)NC(=O)C1CCCc2sccc21. The molecule has 1 aliphatic rings. The predicted octanol–water partition coefficient (Wildman–Crippen LogP) is 2.02. The third-order valence-electron chi connectivity index (χ3n) is 3.49. The minimum absolute atomic E-state index is 0.0469. The predicted molar refractivity (Wildman–Crippen MR) is 71.3 cm³/mol. The van der Waals surface area contributed by atoms with E-state index in [-0.39, 0.29) is 17.9 Å². The summed E-state index contributed by atoms with van der Waals surface area (Å²) in [4.78, 5) is 13.6. The summed E-state index contributed by atoms with van der Waals surface area (Å²) in [6.07, 6.45) is 4.11. The molecular formula is C13H20N2OS. The highest BCUT2D eigenvalue weighted by molar-refractivity contribution is 7.10. The van der Waals surface area contributed by atoms with E-state index in [4.69, 9.17) is 5.73 Å². The summed E-state index contributed by atoms with van der Waals surface area (Å²) in [5.41, 5.74) is 6.86. The van der Waals surface area contributed by atoms with Crippen molar-refractivity contribution < 1.29 is 4.79 Å². The highest BCUT2D eigenvalue weighted by atomic mass is 32.1. The third kappa shape index (κ3) is 2.69. The number of rotatable bonds is 4. The van der Waals surface area contributed by atoms with Crippen LogP contribution in [0.4, 0.5) is 0 Å². The van der Waals surface area contributed by atoms with Crippen LogP contribution in [0.1, 0.15) is 42.5 Å². The lowest BCUT2D eigenvalue weighted by Gasteiger charge is -2.24. The molecule has 3 N–H and O–H groups in total. The van der Waals surface area contributed by atoms with Crippen molar-refractivity contribution in [3.8, 4) is 0 Å². The minimum atomic E-state index is 0.0469. The van der Waals surface area contributed by atoms with Gasteiger partial charge in [0.1, 0.15) is 0 Å². The first-order chi connectivity index (χ1) is 8.26. The Morgan fingerprint density at radius 3 is 3.24 bits per heavy atom. The molecule has 0 aliphatic heterocycles. The fourth-order valence-corrected chi connectivity index (χ4v) is 3.38. The van der Waals surface area contributed by atoms with Gasteiger partial charge in [-0.25, -0.2) is 0 Å². The molecule has 1 amide bonds. The normalized spacial score (nSPS) is 20.7. The zero-order valence-corrected chi connectivity index (χ0v) is 11.1. The molecule has 2 rings (SSSR count). The lowest BCUT2D eigenvalue weighted by atomic mass is 9.87. The summed E-state index contributed by atoms with van der Waals surface area (Å²) in [6, 6.07) is 2.22. The molecule has 0 saturated carbocycles. The van der Waals surface area contributed by atoms with Crippen molar-refractivity contribution in [2.75, 3.05) is 6.54 Å². The zero-order chi connectivity index (χ0) is 12.3. The summed E-state index contributed by atoms with van der Waals surface area (Å²) >= 11 is 1.77. The van der Waals surface area contributed by atoms with Gasteiger partial charge >= 0.3 is 0 Å². The van der Waals surface area contributed by atoms with Crippen LogP contribution < -0.4 is 11.1 Å². The second-order valence-corrected chi connectivity index (χ2v) is 5.59. The van der Waals surface area contributed by atoms with Crippen LogP contribution in [-0.2, 0) is 11.2 Å². The Morgan fingerprint density at radius 1 is 1.71 bits per heavy atom. The van der Waals surface area contributed by atoms with Gasteiger partial charge in [0, 0.05) is 17.5 Å². The highest BCUT2D eigenvalue weighted by Crippen LogP contribution is 2.35. The largest absolute Gasteiger partial charge is 0.352 e. The maximum absolute atomic E-state index is 12.2. The van der Waals surface area contributed by atoms with Crippen molar-refractivity contribution in [2.24, 2.45) is 5.73 Å². The van der Waals surface area contributed by atoms with Crippen molar-refractivity contribution in [2.45, 2.75) is 44.6 Å². The molecule has 0 saturated heterocycles. The number of hydrogen-bond acceptors (Lipinski definition) is 3. The van der Waals surface area contributed by atoms with Crippen LogP contribution in [0.25, 0.3) is 0 Å². The summed E-state index contributed by atoms with van der Waals surface area (Å²) < 4.78 is 0. The number of carbonyl (C=O) groups excluding carboxylic acids is 1. The standard InChI is InChI=1S/C13H20N2OS/c1-2-9(8-14)15-13(16)11-4-3-5-12-10(11)6-7-17-12/h6-7,9,11H,2-5,8,14H2,1H3,(H,15,16). The minimum Gasteiger partial charge on any atom is -0.352 e. The molecule has 1 aliphatic carbocycles. The smallest absolute Gasteiger partial charge is 0.227 e. The molecule has 3 nitrogen and oxygen atoms in total. The molecule has 94 valence electrons. The van der Waals surface area contributed by atoms with E-state index in [0.29, 0.717) is 6.54 Å². The second-order valence-electron chi connectivity index (χ2n) is 4.59. The third-order valence-corrected chi connectivity index (χ3v) is 4.49. The number of aryl methyl sites for hydroxylation is 1. The lowest BCUT2D eigenvalue weighted by Crippen LogP contribution is -2.42. The zero-order valence-electron chi connectivity index (χ0n) is 10.2. The molecule has 0 bridgehead atoms. The molecule has 1 aromatic heterocycles. The first-order valence-electron chi connectivity index (χ1n) is 6.33. The van der Waals surface area contributed by atoms with E-state index in [1.165, 1.54) is 10.4 Å². The van der Waals surface area contributed by atoms with Crippen LogP contribution >= 0.6 is 11.3 Å². The summed E-state index contributed by atoms with van der Waals surface area (Å²) in [5.74, 6) is 0.201. The van der Waals surface area contributed by atoms with Crippen molar-refractivity contribution in [1.29, 1.82) is 0 Å². The molecule has 1 heterocycles. The maximum atomic E-state index is 12.2. The van der Waals surface area contributed by atoms with Gasteiger partial charge in [-0.1, -0.05) is 6.92 Å². The molecule has 4 heteroatoms. The van der Waals surface area contributed by atoms with Gasteiger partial charge in [0.25, 0.3) is 0 Å². The van der Waals surface area contributed by atoms with Crippen LogP contribution in [0.2, 0.25) is 0 Å². The first kappa shape index (κ1) is 12.6. The average molecular weight is 252 g/mol. The molecule has 0 radical (unpaired) electrons. The van der Waals surface area contributed by atoms with Crippen molar-refractivity contribution in [3.05, 3.63) is 21.9 Å². The summed E-state index contributed by atoms with van der Waals surface area (Å²) in [5, 5.41) is 5.15. The van der Waals surface area contributed by atoms with Crippen LogP contribution in [0.3, 0.4) is 0 Å². The number of carbonyl (C=O) groups is 1. The van der Waals surface area contributed by atoms with Crippen LogP contribution in [0.15, 0.2) is 11.4 Å². The van der Waals surface area contributed by atoms with Gasteiger partial charge in [-0.3, -0.25) is 4.79 Å². The van der Waals surface area contributed by atoms with Crippen LogP contribution in [0.5, 0.6) is 0 Å². The molecule has 2 unspecified atom stereocenters. The Kier molecular flexibility index (Phi) is 4.18. The summed E-state index contributed by atoms with van der Waals surface area (Å²) in [6.45, 7) is 2.57. The fraction of sp³-hybridized carbons (Fsp3) is 0.615. The van der Waals surface area contributed by atoms with E-state index in [2.05, 4.69) is 23.7 Å². The maximum Gasteiger partial charge on any atom is 0.227 e.